The highest BCUT2D eigenvalue weighted by Gasteiger charge is 2.05. The Balaban J connectivity index is 2.19. The van der Waals surface area contributed by atoms with Crippen molar-refractivity contribution in [2.45, 2.75) is 0 Å². The number of benzene rings is 2. The van der Waals surface area contributed by atoms with Crippen LogP contribution in [0.15, 0.2) is 42.5 Å². The Morgan fingerprint density at radius 2 is 1.75 bits per heavy atom. The Morgan fingerprint density at radius 3 is 2.25 bits per heavy atom. The average molecular weight is 270 g/mol. The summed E-state index contributed by atoms with van der Waals surface area (Å²) in [5, 5.41) is 3.21. The zero-order chi connectivity index (χ0) is 14.7. The third kappa shape index (κ3) is 3.00. The van der Waals surface area contributed by atoms with Crippen molar-refractivity contribution in [3.63, 3.8) is 0 Å². The van der Waals surface area contributed by atoms with Gasteiger partial charge >= 0.3 is 0 Å². The normalized spacial score (nSPS) is 10.1. The topological polar surface area (TPSA) is 84.4 Å². The molecule has 5 nitrogen and oxygen atoms in total. The Kier molecular flexibility index (Phi) is 3.79. The number of carbonyl (C=O) groups excluding carboxylic acids is 1. The first kappa shape index (κ1) is 13.7. The first-order chi connectivity index (χ1) is 9.47. The van der Waals surface area contributed by atoms with Crippen molar-refractivity contribution < 1.29 is 4.79 Å². The fourth-order valence-electron chi connectivity index (χ4n) is 1.83. The lowest BCUT2D eigenvalue weighted by molar-refractivity contribution is 0.100. The Bertz CT molecular complexity index is 620. The zero-order valence-corrected chi connectivity index (χ0v) is 11.6. The molecule has 0 heterocycles. The molecule has 104 valence electrons. The lowest BCUT2D eigenvalue weighted by Gasteiger charge is -2.14. The fraction of sp³-hybridized carbons (Fsp3) is 0.133. The number of anilines is 4. The molecule has 0 radical (unpaired) electrons. The summed E-state index contributed by atoms with van der Waals surface area (Å²) >= 11 is 0. The first-order valence-electron chi connectivity index (χ1n) is 6.21. The van der Waals surface area contributed by atoms with Crippen molar-refractivity contribution >= 4 is 28.7 Å². The minimum atomic E-state index is -0.487. The molecule has 0 bridgehead atoms. The van der Waals surface area contributed by atoms with Gasteiger partial charge in [-0.2, -0.15) is 0 Å². The number of hydrogen-bond donors (Lipinski definition) is 3. The number of hydrogen-bond acceptors (Lipinski definition) is 4. The van der Waals surface area contributed by atoms with E-state index in [1.54, 1.807) is 18.2 Å². The predicted molar refractivity (Wildman–Crippen MR) is 83.4 cm³/mol. The van der Waals surface area contributed by atoms with Crippen LogP contribution in [-0.2, 0) is 0 Å². The molecule has 5 N–H and O–H groups in total. The minimum absolute atomic E-state index is 0.399. The standard InChI is InChI=1S/C15H18N4O/c1-19(2)12-6-4-11(5-7-12)18-14-8-3-10(15(17)20)9-13(14)16/h3-9,18H,16H2,1-2H3,(H2,17,20). The Hall–Kier alpha value is -2.69. The van der Waals surface area contributed by atoms with Crippen molar-refractivity contribution in [1.29, 1.82) is 0 Å². The molecule has 0 spiro atoms. The molecule has 0 aliphatic carbocycles. The number of primary amides is 1. The maximum atomic E-state index is 11.1. The van der Waals surface area contributed by atoms with Gasteiger partial charge in [-0.3, -0.25) is 4.79 Å². The van der Waals surface area contributed by atoms with E-state index in [2.05, 4.69) is 5.32 Å². The van der Waals surface area contributed by atoms with Crippen LogP contribution in [0.1, 0.15) is 10.4 Å². The molecule has 0 aliphatic heterocycles. The lowest BCUT2D eigenvalue weighted by Crippen LogP contribution is -2.11. The van der Waals surface area contributed by atoms with Gasteiger partial charge in [-0.25, -0.2) is 0 Å². The molecule has 0 saturated heterocycles. The summed E-state index contributed by atoms with van der Waals surface area (Å²) in [6.07, 6.45) is 0. The number of carbonyl (C=O) groups is 1. The molecule has 0 atom stereocenters. The van der Waals surface area contributed by atoms with Crippen LogP contribution in [0.25, 0.3) is 0 Å². The molecule has 2 aromatic carbocycles. The van der Waals surface area contributed by atoms with Crippen molar-refractivity contribution in [1.82, 2.24) is 0 Å². The summed E-state index contributed by atoms with van der Waals surface area (Å²) < 4.78 is 0. The molecule has 0 unspecified atom stereocenters. The second-order valence-electron chi connectivity index (χ2n) is 4.73. The van der Waals surface area contributed by atoms with Crippen molar-refractivity contribution in [2.24, 2.45) is 5.73 Å². The summed E-state index contributed by atoms with van der Waals surface area (Å²) in [6.45, 7) is 0. The predicted octanol–water partition coefficient (Wildman–Crippen LogP) is 2.18. The van der Waals surface area contributed by atoms with E-state index in [9.17, 15) is 4.79 Å². The number of rotatable bonds is 4. The second-order valence-corrected chi connectivity index (χ2v) is 4.73. The highest BCUT2D eigenvalue weighted by atomic mass is 16.1. The van der Waals surface area contributed by atoms with Gasteiger partial charge in [-0.05, 0) is 42.5 Å². The van der Waals surface area contributed by atoms with E-state index >= 15 is 0 Å². The van der Waals surface area contributed by atoms with Crippen molar-refractivity contribution in [3.8, 4) is 0 Å². The summed E-state index contributed by atoms with van der Waals surface area (Å²) in [4.78, 5) is 13.1. The van der Waals surface area contributed by atoms with E-state index in [-0.39, 0.29) is 0 Å². The number of nitrogens with two attached hydrogens (primary N) is 2. The van der Waals surface area contributed by atoms with Crippen LogP contribution in [0, 0.1) is 0 Å². The maximum Gasteiger partial charge on any atom is 0.248 e. The summed E-state index contributed by atoms with van der Waals surface area (Å²) in [5.41, 5.74) is 14.8. The van der Waals surface area contributed by atoms with E-state index in [1.165, 1.54) is 0 Å². The van der Waals surface area contributed by atoms with Gasteiger partial charge in [0.1, 0.15) is 0 Å². The SMILES string of the molecule is CN(C)c1ccc(Nc2ccc(C(N)=O)cc2N)cc1. The average Bonchev–Trinajstić information content (AvgIpc) is 2.41. The molecule has 1 amide bonds. The van der Waals surface area contributed by atoms with Crippen molar-refractivity contribution in [2.75, 3.05) is 30.0 Å². The fourth-order valence-corrected chi connectivity index (χ4v) is 1.83. The second kappa shape index (κ2) is 5.52. The summed E-state index contributed by atoms with van der Waals surface area (Å²) in [7, 11) is 3.98. The monoisotopic (exact) mass is 270 g/mol. The van der Waals surface area contributed by atoms with Gasteiger partial charge in [0.15, 0.2) is 0 Å². The summed E-state index contributed by atoms with van der Waals surface area (Å²) in [5.74, 6) is -0.487. The molecule has 2 rings (SSSR count). The quantitative estimate of drug-likeness (QED) is 0.743. The molecule has 2 aromatic rings. The van der Waals surface area contributed by atoms with Crippen LogP contribution in [-0.4, -0.2) is 20.0 Å². The van der Waals surface area contributed by atoms with Gasteiger partial charge in [0.05, 0.1) is 11.4 Å². The van der Waals surface area contributed by atoms with Crippen LogP contribution in [0.2, 0.25) is 0 Å². The van der Waals surface area contributed by atoms with Crippen LogP contribution in [0.3, 0.4) is 0 Å². The first-order valence-corrected chi connectivity index (χ1v) is 6.21. The largest absolute Gasteiger partial charge is 0.397 e. The third-order valence-electron chi connectivity index (χ3n) is 3.00. The van der Waals surface area contributed by atoms with Gasteiger partial charge in [-0.1, -0.05) is 0 Å². The van der Waals surface area contributed by atoms with Crippen molar-refractivity contribution in [3.05, 3.63) is 48.0 Å². The molecular formula is C15H18N4O. The smallest absolute Gasteiger partial charge is 0.248 e. The third-order valence-corrected chi connectivity index (χ3v) is 3.00. The maximum absolute atomic E-state index is 11.1. The lowest BCUT2D eigenvalue weighted by atomic mass is 10.1. The zero-order valence-electron chi connectivity index (χ0n) is 11.6. The number of nitrogen functional groups attached to an aromatic ring is 1. The number of nitrogens with zero attached hydrogens (tertiary/aromatic N) is 1. The highest BCUT2D eigenvalue weighted by molar-refractivity contribution is 5.95. The molecule has 0 fully saturated rings. The van der Waals surface area contributed by atoms with Gasteiger partial charge in [0.25, 0.3) is 0 Å². The molecular weight excluding hydrogens is 252 g/mol. The van der Waals surface area contributed by atoms with Gasteiger partial charge in [0.2, 0.25) is 5.91 Å². The van der Waals surface area contributed by atoms with E-state index < -0.39 is 5.91 Å². The van der Waals surface area contributed by atoms with Gasteiger partial charge in [-0.15, -0.1) is 0 Å². The number of amides is 1. The highest BCUT2D eigenvalue weighted by Crippen LogP contribution is 2.25. The van der Waals surface area contributed by atoms with Gasteiger partial charge in [0, 0.05) is 31.0 Å². The minimum Gasteiger partial charge on any atom is -0.397 e. The van der Waals surface area contributed by atoms with Crippen LogP contribution in [0.4, 0.5) is 22.7 Å². The Labute approximate surface area is 118 Å². The molecule has 20 heavy (non-hydrogen) atoms. The van der Waals surface area contributed by atoms with Crippen LogP contribution in [0.5, 0.6) is 0 Å². The molecule has 0 aliphatic rings. The van der Waals surface area contributed by atoms with Gasteiger partial charge < -0.3 is 21.7 Å². The number of nitrogens with one attached hydrogen (secondary N) is 1. The van der Waals surface area contributed by atoms with E-state index in [1.807, 2.05) is 43.3 Å². The van der Waals surface area contributed by atoms with E-state index in [0.717, 1.165) is 17.1 Å². The van der Waals surface area contributed by atoms with E-state index in [0.29, 0.717) is 11.3 Å². The Morgan fingerprint density at radius 1 is 1.10 bits per heavy atom. The summed E-state index contributed by atoms with van der Waals surface area (Å²) in [6, 6.07) is 12.9. The molecule has 0 aromatic heterocycles. The molecule has 5 heteroatoms. The molecule has 0 saturated carbocycles. The van der Waals surface area contributed by atoms with Crippen LogP contribution < -0.4 is 21.7 Å². The van der Waals surface area contributed by atoms with E-state index in [4.69, 9.17) is 11.5 Å². The van der Waals surface area contributed by atoms with Crippen LogP contribution >= 0.6 is 0 Å².